The first-order valence-corrected chi connectivity index (χ1v) is 6.02. The molecular formula is C12H8Br2O. The van der Waals surface area contributed by atoms with Crippen LogP contribution in [0, 0.1) is 0 Å². The maximum atomic E-state index is 5.70. The summed E-state index contributed by atoms with van der Waals surface area (Å²) in [6.07, 6.45) is 0. The summed E-state index contributed by atoms with van der Waals surface area (Å²) in [6, 6.07) is 15.5. The molecule has 76 valence electrons. The van der Waals surface area contributed by atoms with Gasteiger partial charge in [-0.15, -0.1) is 0 Å². The molecule has 0 aliphatic carbocycles. The molecule has 2 aromatic carbocycles. The van der Waals surface area contributed by atoms with Crippen LogP contribution in [0.25, 0.3) is 0 Å². The van der Waals surface area contributed by atoms with Crippen LogP contribution in [-0.2, 0) is 0 Å². The third-order valence-corrected chi connectivity index (χ3v) is 2.98. The fourth-order valence-electron chi connectivity index (χ4n) is 1.17. The fourth-order valence-corrected chi connectivity index (χ4v) is 2.30. The van der Waals surface area contributed by atoms with E-state index in [9.17, 15) is 0 Å². The van der Waals surface area contributed by atoms with Crippen LogP contribution < -0.4 is 4.74 Å². The van der Waals surface area contributed by atoms with Crippen molar-refractivity contribution in [3.63, 3.8) is 0 Å². The van der Waals surface area contributed by atoms with Gasteiger partial charge in [0, 0.05) is 4.47 Å². The summed E-state index contributed by atoms with van der Waals surface area (Å²) in [4.78, 5) is 0. The zero-order chi connectivity index (χ0) is 10.7. The van der Waals surface area contributed by atoms with Crippen LogP contribution >= 0.6 is 31.9 Å². The van der Waals surface area contributed by atoms with Gasteiger partial charge in [-0.05, 0) is 46.3 Å². The molecule has 0 aliphatic rings. The van der Waals surface area contributed by atoms with E-state index in [2.05, 4.69) is 31.9 Å². The first kappa shape index (κ1) is 10.7. The average molecular weight is 328 g/mol. The van der Waals surface area contributed by atoms with Crippen molar-refractivity contribution in [2.24, 2.45) is 0 Å². The average Bonchev–Trinajstić information content (AvgIpc) is 2.24. The summed E-state index contributed by atoms with van der Waals surface area (Å²) >= 11 is 6.85. The molecule has 1 nitrogen and oxygen atoms in total. The maximum Gasteiger partial charge on any atom is 0.141 e. The molecule has 2 rings (SSSR count). The summed E-state index contributed by atoms with van der Waals surface area (Å²) in [5.41, 5.74) is 0. The lowest BCUT2D eigenvalue weighted by atomic mass is 10.3. The zero-order valence-corrected chi connectivity index (χ0v) is 11.0. The van der Waals surface area contributed by atoms with Gasteiger partial charge in [-0.1, -0.05) is 34.1 Å². The number of halogens is 2. The molecule has 0 aromatic heterocycles. The highest BCUT2D eigenvalue weighted by molar-refractivity contribution is 9.11. The normalized spacial score (nSPS) is 10.0. The highest BCUT2D eigenvalue weighted by Gasteiger charge is 2.02. The molecule has 0 unspecified atom stereocenters. The second-order valence-electron chi connectivity index (χ2n) is 2.99. The molecule has 0 aliphatic heterocycles. The maximum absolute atomic E-state index is 5.70. The van der Waals surface area contributed by atoms with Crippen molar-refractivity contribution in [1.82, 2.24) is 0 Å². The van der Waals surface area contributed by atoms with Gasteiger partial charge in [0.2, 0.25) is 0 Å². The molecular weight excluding hydrogens is 320 g/mol. The molecule has 0 spiro atoms. The molecule has 2 aromatic rings. The summed E-state index contributed by atoms with van der Waals surface area (Å²) in [6.45, 7) is 0. The van der Waals surface area contributed by atoms with Gasteiger partial charge in [0.1, 0.15) is 11.5 Å². The van der Waals surface area contributed by atoms with E-state index < -0.39 is 0 Å². The predicted molar refractivity (Wildman–Crippen MR) is 68.4 cm³/mol. The van der Waals surface area contributed by atoms with Gasteiger partial charge in [-0.25, -0.2) is 0 Å². The van der Waals surface area contributed by atoms with E-state index in [-0.39, 0.29) is 0 Å². The Bertz CT molecular complexity index is 454. The van der Waals surface area contributed by atoms with Crippen LogP contribution in [0.1, 0.15) is 0 Å². The minimum atomic E-state index is 0.810. The summed E-state index contributed by atoms with van der Waals surface area (Å²) in [7, 11) is 0. The molecule has 0 saturated heterocycles. The third-order valence-electron chi connectivity index (χ3n) is 1.86. The van der Waals surface area contributed by atoms with E-state index in [4.69, 9.17) is 4.74 Å². The van der Waals surface area contributed by atoms with Crippen molar-refractivity contribution in [3.05, 3.63) is 57.5 Å². The number of benzene rings is 2. The minimum Gasteiger partial charge on any atom is -0.456 e. The lowest BCUT2D eigenvalue weighted by molar-refractivity contribution is 0.479. The predicted octanol–water partition coefficient (Wildman–Crippen LogP) is 5.00. The Morgan fingerprint density at radius 3 is 2.27 bits per heavy atom. The number of hydrogen-bond donors (Lipinski definition) is 0. The zero-order valence-electron chi connectivity index (χ0n) is 7.78. The highest BCUT2D eigenvalue weighted by atomic mass is 79.9. The van der Waals surface area contributed by atoms with Crippen molar-refractivity contribution in [2.75, 3.05) is 0 Å². The van der Waals surface area contributed by atoms with Gasteiger partial charge >= 0.3 is 0 Å². The highest BCUT2D eigenvalue weighted by Crippen LogP contribution is 2.31. The van der Waals surface area contributed by atoms with E-state index in [1.807, 2.05) is 48.5 Å². The lowest BCUT2D eigenvalue weighted by Crippen LogP contribution is -1.84. The van der Waals surface area contributed by atoms with Gasteiger partial charge in [-0.3, -0.25) is 0 Å². The van der Waals surface area contributed by atoms with Gasteiger partial charge in [0.25, 0.3) is 0 Å². The Morgan fingerprint density at radius 2 is 1.60 bits per heavy atom. The molecule has 3 heteroatoms. The fraction of sp³-hybridized carbons (Fsp3) is 0. The number of para-hydroxylation sites is 1. The topological polar surface area (TPSA) is 9.23 Å². The quantitative estimate of drug-likeness (QED) is 0.753. The van der Waals surface area contributed by atoms with Crippen LogP contribution in [0.4, 0.5) is 0 Å². The Labute approximate surface area is 105 Å². The molecule has 15 heavy (non-hydrogen) atoms. The first-order valence-electron chi connectivity index (χ1n) is 4.43. The molecule has 0 radical (unpaired) electrons. The van der Waals surface area contributed by atoms with Crippen molar-refractivity contribution in [1.29, 1.82) is 0 Å². The Morgan fingerprint density at radius 1 is 0.867 bits per heavy atom. The van der Waals surface area contributed by atoms with E-state index in [0.29, 0.717) is 0 Å². The first-order chi connectivity index (χ1) is 7.25. The Kier molecular flexibility index (Phi) is 3.44. The molecule has 0 N–H and O–H groups in total. The molecule has 0 atom stereocenters. The van der Waals surface area contributed by atoms with Gasteiger partial charge in [0.15, 0.2) is 0 Å². The standard InChI is InChI=1S/C12H8Br2O/c13-9-6-7-12(11(14)8-9)15-10-4-2-1-3-5-10/h1-8H. The number of rotatable bonds is 2. The van der Waals surface area contributed by atoms with Crippen molar-refractivity contribution in [3.8, 4) is 11.5 Å². The van der Waals surface area contributed by atoms with Crippen molar-refractivity contribution >= 4 is 31.9 Å². The van der Waals surface area contributed by atoms with Gasteiger partial charge < -0.3 is 4.74 Å². The summed E-state index contributed by atoms with van der Waals surface area (Å²) in [5, 5.41) is 0. The van der Waals surface area contributed by atoms with E-state index in [1.165, 1.54) is 0 Å². The number of ether oxygens (including phenoxy) is 1. The summed E-state index contributed by atoms with van der Waals surface area (Å²) in [5.74, 6) is 1.64. The van der Waals surface area contributed by atoms with Crippen LogP contribution in [0.15, 0.2) is 57.5 Å². The number of hydrogen-bond acceptors (Lipinski definition) is 1. The molecule has 0 heterocycles. The van der Waals surface area contributed by atoms with Crippen molar-refractivity contribution in [2.45, 2.75) is 0 Å². The largest absolute Gasteiger partial charge is 0.456 e. The van der Waals surface area contributed by atoms with E-state index in [1.54, 1.807) is 0 Å². The Balaban J connectivity index is 2.25. The monoisotopic (exact) mass is 326 g/mol. The van der Waals surface area contributed by atoms with Crippen LogP contribution in [0.2, 0.25) is 0 Å². The van der Waals surface area contributed by atoms with Crippen LogP contribution in [0.5, 0.6) is 11.5 Å². The van der Waals surface area contributed by atoms with Gasteiger partial charge in [0.05, 0.1) is 4.47 Å². The second-order valence-corrected chi connectivity index (χ2v) is 4.76. The molecule has 0 fully saturated rings. The van der Waals surface area contributed by atoms with E-state index >= 15 is 0 Å². The molecule has 0 amide bonds. The third kappa shape index (κ3) is 2.83. The van der Waals surface area contributed by atoms with Crippen molar-refractivity contribution < 1.29 is 4.74 Å². The second kappa shape index (κ2) is 4.81. The smallest absolute Gasteiger partial charge is 0.141 e. The summed E-state index contributed by atoms with van der Waals surface area (Å²) < 4.78 is 7.65. The van der Waals surface area contributed by atoms with E-state index in [0.717, 1.165) is 20.4 Å². The SMILES string of the molecule is Brc1ccc(Oc2ccccc2)c(Br)c1. The van der Waals surface area contributed by atoms with Crippen LogP contribution in [0.3, 0.4) is 0 Å². The van der Waals surface area contributed by atoms with Gasteiger partial charge in [-0.2, -0.15) is 0 Å². The molecule has 0 saturated carbocycles. The Hall–Kier alpha value is -0.800. The van der Waals surface area contributed by atoms with Crippen LogP contribution in [-0.4, -0.2) is 0 Å². The minimum absolute atomic E-state index is 0.810. The lowest BCUT2D eigenvalue weighted by Gasteiger charge is -2.07. The molecule has 0 bridgehead atoms.